The number of nitrogens with zero attached hydrogens (tertiary/aromatic N) is 2. The first-order chi connectivity index (χ1) is 10.6. The number of benzene rings is 1. The normalized spacial score (nSPS) is 12.7. The molecule has 1 aromatic carbocycles. The number of rotatable bonds is 6. The summed E-state index contributed by atoms with van der Waals surface area (Å²) in [5.41, 5.74) is 0.432. The quantitative estimate of drug-likeness (QED) is 0.203. The summed E-state index contributed by atoms with van der Waals surface area (Å²) in [6, 6.07) is 11.8. The fourth-order valence-electron chi connectivity index (χ4n) is 2.01. The lowest BCUT2D eigenvalue weighted by Crippen LogP contribution is -2.47. The molecule has 0 bridgehead atoms. The molecule has 0 fully saturated rings. The lowest BCUT2D eigenvalue weighted by Gasteiger charge is -2.18. The Labute approximate surface area is 140 Å². The van der Waals surface area contributed by atoms with E-state index in [4.69, 9.17) is 24.2 Å². The molecule has 2 rings (SSSR count). The molecule has 1 atom stereocenters. The number of carbonyl (C=O) groups is 1. The number of pyridine rings is 1. The van der Waals surface area contributed by atoms with Crippen molar-refractivity contribution >= 4 is 35.1 Å². The second-order valence-electron chi connectivity index (χ2n) is 4.54. The van der Waals surface area contributed by atoms with E-state index in [9.17, 15) is 4.79 Å². The number of ketones is 1. The fourth-order valence-corrected chi connectivity index (χ4v) is 2.54. The van der Waals surface area contributed by atoms with Crippen LogP contribution in [0.5, 0.6) is 0 Å². The Morgan fingerprint density at radius 1 is 1.27 bits per heavy atom. The summed E-state index contributed by atoms with van der Waals surface area (Å²) in [6.07, 6.45) is 5.21. The summed E-state index contributed by atoms with van der Waals surface area (Å²) in [7, 11) is 0. The van der Waals surface area contributed by atoms with E-state index in [2.05, 4.69) is 11.6 Å². The number of hydrogen-bond acceptors (Lipinski definition) is 3. The van der Waals surface area contributed by atoms with Crippen molar-refractivity contribution in [1.29, 1.82) is 0 Å². The number of hydrogen-bond donors (Lipinski definition) is 0. The van der Waals surface area contributed by atoms with Gasteiger partial charge in [0.1, 0.15) is 0 Å². The van der Waals surface area contributed by atoms with Crippen LogP contribution in [-0.2, 0) is 12.6 Å². The van der Waals surface area contributed by atoms with E-state index < -0.39 is 6.04 Å². The van der Waals surface area contributed by atoms with Crippen LogP contribution in [0.4, 0.5) is 0 Å². The van der Waals surface area contributed by atoms with E-state index in [1.807, 2.05) is 18.2 Å². The van der Waals surface area contributed by atoms with Crippen LogP contribution in [0, 0.1) is 0 Å². The van der Waals surface area contributed by atoms with Crippen molar-refractivity contribution < 1.29 is 9.36 Å². The van der Waals surface area contributed by atoms with Gasteiger partial charge in [-0.25, -0.2) is 0 Å². The summed E-state index contributed by atoms with van der Waals surface area (Å²) in [6.45, 7) is 3.99. The molecule has 0 spiro atoms. The van der Waals surface area contributed by atoms with Crippen LogP contribution >= 0.6 is 11.6 Å². The standard InChI is InChI=1S/C17H15ClN2OS/c1-2-10-19-17(22)15(20-11-6-3-7-12-20)16(21)13-8-4-5-9-14(13)18/h2-9,11-12,15H,1,10H2. The maximum absolute atomic E-state index is 12.9. The molecule has 3 nitrogen and oxygen atoms in total. The van der Waals surface area contributed by atoms with Crippen molar-refractivity contribution in [3.05, 3.63) is 78.1 Å². The average Bonchev–Trinajstić information content (AvgIpc) is 2.54. The van der Waals surface area contributed by atoms with Gasteiger partial charge in [0, 0.05) is 17.7 Å². The minimum atomic E-state index is -0.698. The van der Waals surface area contributed by atoms with Crippen molar-refractivity contribution in [1.82, 2.24) is 0 Å². The van der Waals surface area contributed by atoms with Gasteiger partial charge in [-0.2, -0.15) is 4.57 Å². The van der Waals surface area contributed by atoms with Crippen LogP contribution < -0.4 is 4.57 Å². The van der Waals surface area contributed by atoms with E-state index in [1.54, 1.807) is 47.3 Å². The highest BCUT2D eigenvalue weighted by Crippen LogP contribution is 2.20. The number of carbonyl (C=O) groups excluding carboxylic acids is 1. The van der Waals surface area contributed by atoms with E-state index in [0.717, 1.165) is 0 Å². The molecule has 0 saturated heterocycles. The zero-order valence-corrected chi connectivity index (χ0v) is 13.4. The molecular formula is C17H15ClN2OS. The Hall–Kier alpha value is -2.04. The highest BCUT2D eigenvalue weighted by atomic mass is 35.5. The van der Waals surface area contributed by atoms with Crippen LogP contribution in [0.25, 0.3) is 0 Å². The van der Waals surface area contributed by atoms with Gasteiger partial charge >= 0.3 is 0 Å². The average molecular weight is 331 g/mol. The van der Waals surface area contributed by atoms with Crippen LogP contribution in [0.2, 0.25) is 5.02 Å². The van der Waals surface area contributed by atoms with E-state index >= 15 is 0 Å². The second kappa shape index (κ2) is 7.82. The summed E-state index contributed by atoms with van der Waals surface area (Å²) in [5.74, 6) is -0.181. The summed E-state index contributed by atoms with van der Waals surface area (Å²) in [5, 5.41) is 0.710. The summed E-state index contributed by atoms with van der Waals surface area (Å²) < 4.78 is 1.74. The second-order valence-corrected chi connectivity index (χ2v) is 5.36. The molecule has 5 heteroatoms. The van der Waals surface area contributed by atoms with Crippen molar-refractivity contribution in [3.8, 4) is 0 Å². The van der Waals surface area contributed by atoms with Gasteiger partial charge in [0.05, 0.1) is 11.6 Å². The van der Waals surface area contributed by atoms with Crippen LogP contribution in [0.3, 0.4) is 0 Å². The van der Waals surface area contributed by atoms with Gasteiger partial charge in [0.2, 0.25) is 11.8 Å². The molecule has 0 radical (unpaired) electrons. The highest BCUT2D eigenvalue weighted by Gasteiger charge is 2.29. The Balaban J connectivity index is 2.47. The molecule has 0 aliphatic heterocycles. The molecule has 1 aromatic heterocycles. The van der Waals surface area contributed by atoms with Gasteiger partial charge < -0.3 is 17.6 Å². The highest BCUT2D eigenvalue weighted by molar-refractivity contribution is 7.77. The lowest BCUT2D eigenvalue weighted by molar-refractivity contribution is -0.691. The van der Waals surface area contributed by atoms with Crippen LogP contribution in [0.1, 0.15) is 16.4 Å². The van der Waals surface area contributed by atoms with Gasteiger partial charge in [-0.15, -0.1) is 6.58 Å². The van der Waals surface area contributed by atoms with Gasteiger partial charge in [0.25, 0.3) is 0 Å². The molecule has 0 amide bonds. The molecule has 0 N–H and O–H groups in total. The van der Waals surface area contributed by atoms with Crippen molar-refractivity contribution in [3.63, 3.8) is 0 Å². The predicted molar refractivity (Wildman–Crippen MR) is 91.3 cm³/mol. The smallest absolute Gasteiger partial charge is 0.237 e. The zero-order valence-electron chi connectivity index (χ0n) is 11.9. The monoisotopic (exact) mass is 330 g/mol. The number of aromatic nitrogens is 1. The fraction of sp³-hybridized carbons (Fsp3) is 0.118. The van der Waals surface area contributed by atoms with Crippen molar-refractivity contribution in [2.24, 2.45) is 4.99 Å². The first-order valence-electron chi connectivity index (χ1n) is 6.72. The Bertz CT molecular complexity index is 701. The van der Waals surface area contributed by atoms with E-state index in [1.165, 1.54) is 0 Å². The number of halogens is 1. The molecule has 112 valence electrons. The zero-order chi connectivity index (χ0) is 15.9. The molecule has 22 heavy (non-hydrogen) atoms. The van der Waals surface area contributed by atoms with Gasteiger partial charge in [-0.1, -0.05) is 35.9 Å². The van der Waals surface area contributed by atoms with Crippen LogP contribution in [0.15, 0.2) is 72.5 Å². The summed E-state index contributed by atoms with van der Waals surface area (Å²) in [4.78, 5) is 17.1. The largest absolute Gasteiger partial charge is 0.758 e. The molecule has 0 aliphatic carbocycles. The Morgan fingerprint density at radius 3 is 2.59 bits per heavy atom. The van der Waals surface area contributed by atoms with Crippen LogP contribution in [-0.4, -0.2) is 17.4 Å². The molecule has 1 unspecified atom stereocenters. The van der Waals surface area contributed by atoms with E-state index in [-0.39, 0.29) is 5.78 Å². The SMILES string of the molecule is C=CCN=C([S-])C(C(=O)c1ccccc1Cl)[n+]1ccccc1. The number of aliphatic imine (C=N–C) groups is 1. The Kier molecular flexibility index (Phi) is 5.81. The molecular weight excluding hydrogens is 316 g/mol. The minimum Gasteiger partial charge on any atom is -0.758 e. The third-order valence-corrected chi connectivity index (χ3v) is 3.72. The molecule has 0 aliphatic rings. The summed E-state index contributed by atoms with van der Waals surface area (Å²) >= 11 is 11.5. The van der Waals surface area contributed by atoms with Gasteiger partial charge in [-0.3, -0.25) is 4.79 Å². The molecule has 1 heterocycles. The van der Waals surface area contributed by atoms with Crippen molar-refractivity contribution in [2.45, 2.75) is 6.04 Å². The maximum Gasteiger partial charge on any atom is 0.237 e. The predicted octanol–water partition coefficient (Wildman–Crippen LogP) is 3.18. The maximum atomic E-state index is 12.9. The van der Waals surface area contributed by atoms with Gasteiger partial charge in [0.15, 0.2) is 12.4 Å². The molecule has 0 saturated carbocycles. The van der Waals surface area contributed by atoms with Crippen molar-refractivity contribution in [2.75, 3.05) is 6.54 Å². The third kappa shape index (κ3) is 3.78. The topological polar surface area (TPSA) is 33.3 Å². The third-order valence-electron chi connectivity index (χ3n) is 3.03. The van der Waals surface area contributed by atoms with Gasteiger partial charge in [-0.05, 0) is 17.2 Å². The lowest BCUT2D eigenvalue weighted by atomic mass is 10.0. The number of Topliss-reactive ketones (excluding diaryl/α,β-unsaturated/α-hetero) is 1. The first kappa shape index (κ1) is 16.3. The Morgan fingerprint density at radius 2 is 1.95 bits per heavy atom. The minimum absolute atomic E-state index is 0.181. The first-order valence-corrected chi connectivity index (χ1v) is 7.50. The molecule has 2 aromatic rings. The van der Waals surface area contributed by atoms with E-state index in [0.29, 0.717) is 22.2 Å².